The average Bonchev–Trinajstić information content (AvgIpc) is 2.15. The van der Waals surface area contributed by atoms with Gasteiger partial charge in [0.05, 0.1) is 0 Å². The van der Waals surface area contributed by atoms with E-state index in [1.165, 1.54) is 25.7 Å². The zero-order valence-electron chi connectivity index (χ0n) is 9.14. The van der Waals surface area contributed by atoms with E-state index in [0.717, 1.165) is 6.54 Å². The standard InChI is InChI=1S/C11H22N2/c1-12-11(9-13(2)3)10-7-5-4-6-8-10/h7,11-12H,4-6,8-9H2,1-3H3. The lowest BCUT2D eigenvalue weighted by molar-refractivity contribution is 0.362. The normalized spacial score (nSPS) is 20.2. The van der Waals surface area contributed by atoms with Crippen molar-refractivity contribution in [1.29, 1.82) is 0 Å². The maximum Gasteiger partial charge on any atom is 0.0405 e. The summed E-state index contributed by atoms with van der Waals surface area (Å²) in [7, 11) is 6.32. The third-order valence-corrected chi connectivity index (χ3v) is 2.67. The SMILES string of the molecule is CNC(CN(C)C)C1=CCCCC1. The first kappa shape index (κ1) is 10.7. The van der Waals surface area contributed by atoms with Gasteiger partial charge in [-0.3, -0.25) is 0 Å². The van der Waals surface area contributed by atoms with Gasteiger partial charge in [0, 0.05) is 12.6 Å². The number of hydrogen-bond donors (Lipinski definition) is 1. The van der Waals surface area contributed by atoms with Crippen LogP contribution in [0.2, 0.25) is 0 Å². The topological polar surface area (TPSA) is 15.3 Å². The third kappa shape index (κ3) is 3.49. The van der Waals surface area contributed by atoms with Crippen LogP contribution in [0.25, 0.3) is 0 Å². The fraction of sp³-hybridized carbons (Fsp3) is 0.818. The molecule has 2 heteroatoms. The predicted octanol–water partition coefficient (Wildman–Crippen LogP) is 1.64. The van der Waals surface area contributed by atoms with E-state index in [0.29, 0.717) is 6.04 Å². The quantitative estimate of drug-likeness (QED) is 0.665. The van der Waals surface area contributed by atoms with Gasteiger partial charge in [0.2, 0.25) is 0 Å². The summed E-state index contributed by atoms with van der Waals surface area (Å²) in [4.78, 5) is 2.25. The zero-order valence-corrected chi connectivity index (χ0v) is 9.14. The molecule has 0 spiro atoms. The first-order valence-corrected chi connectivity index (χ1v) is 5.25. The van der Waals surface area contributed by atoms with Crippen LogP contribution >= 0.6 is 0 Å². The van der Waals surface area contributed by atoms with Gasteiger partial charge in [-0.25, -0.2) is 0 Å². The molecule has 0 saturated heterocycles. The Morgan fingerprint density at radius 2 is 2.23 bits per heavy atom. The van der Waals surface area contributed by atoms with Crippen LogP contribution in [0, 0.1) is 0 Å². The number of likely N-dealkylation sites (N-methyl/N-ethyl adjacent to an activating group) is 2. The van der Waals surface area contributed by atoms with Gasteiger partial charge in [0.15, 0.2) is 0 Å². The molecule has 0 aromatic rings. The maximum absolute atomic E-state index is 3.39. The Hall–Kier alpha value is -0.340. The Labute approximate surface area is 82.0 Å². The van der Waals surface area contributed by atoms with Crippen LogP contribution in [0.1, 0.15) is 25.7 Å². The van der Waals surface area contributed by atoms with Gasteiger partial charge in [-0.2, -0.15) is 0 Å². The van der Waals surface area contributed by atoms with Crippen LogP contribution in [-0.4, -0.2) is 38.6 Å². The highest BCUT2D eigenvalue weighted by Crippen LogP contribution is 2.20. The molecule has 0 aromatic carbocycles. The predicted molar refractivity (Wildman–Crippen MR) is 58.0 cm³/mol. The van der Waals surface area contributed by atoms with Crippen LogP contribution in [0.4, 0.5) is 0 Å². The lowest BCUT2D eigenvalue weighted by Crippen LogP contribution is -2.37. The van der Waals surface area contributed by atoms with Gasteiger partial charge in [0.25, 0.3) is 0 Å². The van der Waals surface area contributed by atoms with Gasteiger partial charge in [-0.1, -0.05) is 11.6 Å². The zero-order chi connectivity index (χ0) is 9.68. The highest BCUT2D eigenvalue weighted by atomic mass is 15.1. The lowest BCUT2D eigenvalue weighted by atomic mass is 9.94. The summed E-state index contributed by atoms with van der Waals surface area (Å²) in [5.41, 5.74) is 1.61. The summed E-state index contributed by atoms with van der Waals surface area (Å²) in [6.07, 6.45) is 7.74. The second-order valence-electron chi connectivity index (χ2n) is 4.13. The molecule has 76 valence electrons. The summed E-state index contributed by atoms with van der Waals surface area (Å²) in [6, 6.07) is 0.565. The van der Waals surface area contributed by atoms with Crippen molar-refractivity contribution in [1.82, 2.24) is 10.2 Å². The Morgan fingerprint density at radius 3 is 2.69 bits per heavy atom. The molecule has 2 nitrogen and oxygen atoms in total. The van der Waals surface area contributed by atoms with Crippen LogP contribution in [0.5, 0.6) is 0 Å². The van der Waals surface area contributed by atoms with E-state index in [1.807, 2.05) is 0 Å². The summed E-state index contributed by atoms with van der Waals surface area (Å²) < 4.78 is 0. The average molecular weight is 182 g/mol. The van der Waals surface area contributed by atoms with Crippen molar-refractivity contribution in [2.75, 3.05) is 27.7 Å². The maximum atomic E-state index is 3.39. The molecule has 1 aliphatic rings. The van der Waals surface area contributed by atoms with E-state index in [4.69, 9.17) is 0 Å². The molecule has 0 radical (unpaired) electrons. The van der Waals surface area contributed by atoms with E-state index in [9.17, 15) is 0 Å². The Bertz CT molecular complexity index is 173. The van der Waals surface area contributed by atoms with Crippen molar-refractivity contribution in [2.45, 2.75) is 31.7 Å². The molecule has 1 unspecified atom stereocenters. The molecular formula is C11H22N2. The second-order valence-corrected chi connectivity index (χ2v) is 4.13. The molecule has 0 bridgehead atoms. The molecule has 0 heterocycles. The van der Waals surface area contributed by atoms with Crippen molar-refractivity contribution in [3.05, 3.63) is 11.6 Å². The molecule has 0 fully saturated rings. The highest BCUT2D eigenvalue weighted by Gasteiger charge is 2.14. The number of nitrogens with zero attached hydrogens (tertiary/aromatic N) is 1. The van der Waals surface area contributed by atoms with Crippen LogP contribution in [-0.2, 0) is 0 Å². The lowest BCUT2D eigenvalue weighted by Gasteiger charge is -2.25. The fourth-order valence-electron chi connectivity index (χ4n) is 1.94. The number of allylic oxidation sites excluding steroid dienone is 1. The molecule has 0 amide bonds. The van der Waals surface area contributed by atoms with Gasteiger partial charge in [0.1, 0.15) is 0 Å². The van der Waals surface area contributed by atoms with Gasteiger partial charge < -0.3 is 10.2 Å². The van der Waals surface area contributed by atoms with Crippen molar-refractivity contribution in [3.63, 3.8) is 0 Å². The molecule has 1 rings (SSSR count). The number of rotatable bonds is 4. The monoisotopic (exact) mass is 182 g/mol. The largest absolute Gasteiger partial charge is 0.312 e. The molecule has 1 N–H and O–H groups in total. The van der Waals surface area contributed by atoms with E-state index in [-0.39, 0.29) is 0 Å². The molecular weight excluding hydrogens is 160 g/mol. The van der Waals surface area contributed by atoms with E-state index >= 15 is 0 Å². The fourth-order valence-corrected chi connectivity index (χ4v) is 1.94. The minimum Gasteiger partial charge on any atom is -0.312 e. The van der Waals surface area contributed by atoms with Crippen LogP contribution in [0.3, 0.4) is 0 Å². The summed E-state index contributed by atoms with van der Waals surface area (Å²) in [5, 5.41) is 3.39. The van der Waals surface area contributed by atoms with Gasteiger partial charge in [-0.05, 0) is 46.8 Å². The van der Waals surface area contributed by atoms with Crippen LogP contribution in [0.15, 0.2) is 11.6 Å². The highest BCUT2D eigenvalue weighted by molar-refractivity contribution is 5.13. The number of nitrogens with one attached hydrogen (secondary N) is 1. The molecule has 1 aliphatic carbocycles. The van der Waals surface area contributed by atoms with Crippen molar-refractivity contribution in [2.24, 2.45) is 0 Å². The first-order chi connectivity index (χ1) is 6.24. The minimum absolute atomic E-state index is 0.565. The van der Waals surface area contributed by atoms with E-state index in [1.54, 1.807) is 5.57 Å². The van der Waals surface area contributed by atoms with Crippen molar-refractivity contribution >= 4 is 0 Å². The van der Waals surface area contributed by atoms with E-state index in [2.05, 4.69) is 37.4 Å². The van der Waals surface area contributed by atoms with Crippen LogP contribution < -0.4 is 5.32 Å². The molecule has 0 aromatic heterocycles. The smallest absolute Gasteiger partial charge is 0.0405 e. The first-order valence-electron chi connectivity index (χ1n) is 5.25. The van der Waals surface area contributed by atoms with Crippen molar-refractivity contribution < 1.29 is 0 Å². The van der Waals surface area contributed by atoms with Gasteiger partial charge >= 0.3 is 0 Å². The van der Waals surface area contributed by atoms with E-state index < -0.39 is 0 Å². The summed E-state index contributed by atoms with van der Waals surface area (Å²) >= 11 is 0. The second kappa shape index (κ2) is 5.40. The summed E-state index contributed by atoms with van der Waals surface area (Å²) in [6.45, 7) is 1.11. The Morgan fingerprint density at radius 1 is 1.46 bits per heavy atom. The number of hydrogen-bond acceptors (Lipinski definition) is 2. The Balaban J connectivity index is 2.49. The van der Waals surface area contributed by atoms with Gasteiger partial charge in [-0.15, -0.1) is 0 Å². The molecule has 1 atom stereocenters. The molecule has 0 aliphatic heterocycles. The third-order valence-electron chi connectivity index (χ3n) is 2.67. The van der Waals surface area contributed by atoms with Crippen molar-refractivity contribution in [3.8, 4) is 0 Å². The summed E-state index contributed by atoms with van der Waals surface area (Å²) in [5.74, 6) is 0. The minimum atomic E-state index is 0.565. The molecule has 13 heavy (non-hydrogen) atoms. The Kier molecular flexibility index (Phi) is 4.46. The molecule has 0 saturated carbocycles.